The van der Waals surface area contributed by atoms with Crippen LogP contribution in [0.2, 0.25) is 0 Å². The van der Waals surface area contributed by atoms with Crippen LogP contribution in [0.4, 0.5) is 5.69 Å². The molecule has 104 valence electrons. The molecule has 2 rings (SSSR count). The quantitative estimate of drug-likeness (QED) is 0.341. The summed E-state index contributed by atoms with van der Waals surface area (Å²) in [6, 6.07) is 5.08. The van der Waals surface area contributed by atoms with E-state index in [1.54, 1.807) is 30.6 Å². The van der Waals surface area contributed by atoms with Gasteiger partial charge in [0, 0.05) is 10.0 Å². The van der Waals surface area contributed by atoms with Gasteiger partial charge in [-0.1, -0.05) is 21.1 Å². The lowest BCUT2D eigenvalue weighted by Gasteiger charge is -2.10. The van der Waals surface area contributed by atoms with Gasteiger partial charge in [-0.15, -0.1) is 11.3 Å². The number of anilines is 1. The van der Waals surface area contributed by atoms with E-state index >= 15 is 0 Å². The summed E-state index contributed by atoms with van der Waals surface area (Å²) in [5.74, 6) is -0.359. The molecule has 0 saturated carbocycles. The molecule has 2 aromatic rings. The maximum absolute atomic E-state index is 12.1. The Labute approximate surface area is 127 Å². The Morgan fingerprint density at radius 1 is 1.55 bits per heavy atom. The van der Waals surface area contributed by atoms with Crippen molar-refractivity contribution in [3.05, 3.63) is 44.3 Å². The Morgan fingerprint density at radius 2 is 2.30 bits per heavy atom. The van der Waals surface area contributed by atoms with Crippen LogP contribution in [0.3, 0.4) is 0 Å². The number of carbonyl (C=O) groups excluding carboxylic acids is 1. The highest BCUT2D eigenvalue weighted by atomic mass is 79.9. The highest BCUT2D eigenvalue weighted by Gasteiger charge is 2.15. The van der Waals surface area contributed by atoms with E-state index < -0.39 is 0 Å². The second-order valence-corrected chi connectivity index (χ2v) is 5.67. The predicted molar refractivity (Wildman–Crippen MR) is 81.5 cm³/mol. The molecule has 8 heteroatoms. The van der Waals surface area contributed by atoms with E-state index in [-0.39, 0.29) is 11.7 Å². The van der Waals surface area contributed by atoms with Crippen LogP contribution in [0.15, 0.2) is 33.3 Å². The van der Waals surface area contributed by atoms with Crippen molar-refractivity contribution in [2.45, 2.75) is 6.92 Å². The molecule has 6 nitrogen and oxygen atoms in total. The van der Waals surface area contributed by atoms with Crippen molar-refractivity contribution in [2.75, 3.05) is 5.32 Å². The average Bonchev–Trinajstić information content (AvgIpc) is 2.86. The molecular weight excluding hydrogens is 344 g/mol. The van der Waals surface area contributed by atoms with Crippen molar-refractivity contribution in [2.24, 2.45) is 10.9 Å². The average molecular weight is 355 g/mol. The maximum atomic E-state index is 12.1. The number of amides is 1. The molecule has 0 atom stereocenters. The van der Waals surface area contributed by atoms with Crippen LogP contribution < -0.4 is 11.1 Å². The summed E-state index contributed by atoms with van der Waals surface area (Å²) in [5, 5.41) is 14.5. The van der Waals surface area contributed by atoms with Crippen molar-refractivity contribution in [3.8, 4) is 0 Å². The number of thiazole rings is 1. The van der Waals surface area contributed by atoms with E-state index in [1.807, 2.05) is 0 Å². The van der Waals surface area contributed by atoms with E-state index in [0.717, 1.165) is 4.47 Å². The third-order valence-electron chi connectivity index (χ3n) is 2.57. The van der Waals surface area contributed by atoms with Crippen molar-refractivity contribution >= 4 is 44.7 Å². The molecule has 1 aromatic carbocycles. The van der Waals surface area contributed by atoms with Gasteiger partial charge >= 0.3 is 0 Å². The summed E-state index contributed by atoms with van der Waals surface area (Å²) in [6.07, 6.45) is 0. The number of rotatable bonds is 3. The number of carbonyl (C=O) groups is 1. The van der Waals surface area contributed by atoms with Crippen LogP contribution >= 0.6 is 27.3 Å². The predicted octanol–water partition coefficient (Wildman–Crippen LogP) is 2.56. The van der Waals surface area contributed by atoms with E-state index in [9.17, 15) is 4.79 Å². The SMILES string of the molecule is Cc1ncsc1C(=O)Nc1ccc(Br)cc1/C(N)=N/O. The molecule has 0 saturated heterocycles. The minimum Gasteiger partial charge on any atom is -0.409 e. The topological polar surface area (TPSA) is 101 Å². The number of nitrogens with two attached hydrogens (primary N) is 1. The summed E-state index contributed by atoms with van der Waals surface area (Å²) in [5.41, 5.74) is 8.76. The van der Waals surface area contributed by atoms with Gasteiger partial charge in [0.15, 0.2) is 5.84 Å². The summed E-state index contributed by atoms with van der Waals surface area (Å²) in [4.78, 5) is 16.7. The highest BCUT2D eigenvalue weighted by Crippen LogP contribution is 2.22. The van der Waals surface area contributed by atoms with Gasteiger partial charge in [-0.05, 0) is 25.1 Å². The third kappa shape index (κ3) is 2.97. The van der Waals surface area contributed by atoms with Gasteiger partial charge in [0.05, 0.1) is 16.9 Å². The van der Waals surface area contributed by atoms with Gasteiger partial charge in [0.25, 0.3) is 5.91 Å². The van der Waals surface area contributed by atoms with Gasteiger partial charge in [-0.25, -0.2) is 4.98 Å². The largest absolute Gasteiger partial charge is 0.409 e. The van der Waals surface area contributed by atoms with Gasteiger partial charge in [-0.3, -0.25) is 4.79 Å². The Kier molecular flexibility index (Phi) is 4.35. The molecule has 0 fully saturated rings. The van der Waals surface area contributed by atoms with Gasteiger partial charge in [0.1, 0.15) is 4.88 Å². The molecule has 0 spiro atoms. The van der Waals surface area contributed by atoms with Crippen molar-refractivity contribution in [3.63, 3.8) is 0 Å². The molecule has 0 bridgehead atoms. The van der Waals surface area contributed by atoms with Crippen molar-refractivity contribution in [1.29, 1.82) is 0 Å². The van der Waals surface area contributed by atoms with E-state index in [2.05, 4.69) is 31.4 Å². The normalized spacial score (nSPS) is 11.4. The van der Waals surface area contributed by atoms with Crippen molar-refractivity contribution < 1.29 is 10.0 Å². The second kappa shape index (κ2) is 6.02. The van der Waals surface area contributed by atoms with Crippen LogP contribution in [0, 0.1) is 6.92 Å². The highest BCUT2D eigenvalue weighted by molar-refractivity contribution is 9.10. The Morgan fingerprint density at radius 3 is 2.90 bits per heavy atom. The molecule has 4 N–H and O–H groups in total. The standard InChI is InChI=1S/C12H11BrN4O2S/c1-6-10(20-5-15-6)12(18)16-9-3-2-7(13)4-8(9)11(14)17-19/h2-5,19H,1H3,(H2,14,17)(H,16,18). The minimum atomic E-state index is -0.278. The number of benzene rings is 1. The monoisotopic (exact) mass is 354 g/mol. The molecular formula is C12H11BrN4O2S. The summed E-state index contributed by atoms with van der Waals surface area (Å²) in [6.45, 7) is 1.76. The van der Waals surface area contributed by atoms with E-state index in [0.29, 0.717) is 21.8 Å². The number of amidine groups is 1. The van der Waals surface area contributed by atoms with Crippen LogP contribution in [-0.2, 0) is 0 Å². The van der Waals surface area contributed by atoms with Crippen molar-refractivity contribution in [1.82, 2.24) is 4.98 Å². The molecule has 1 aromatic heterocycles. The second-order valence-electron chi connectivity index (χ2n) is 3.90. The van der Waals surface area contributed by atoms with E-state index in [4.69, 9.17) is 10.9 Å². The summed E-state index contributed by atoms with van der Waals surface area (Å²) in [7, 11) is 0. The fourth-order valence-electron chi connectivity index (χ4n) is 1.59. The number of nitrogens with zero attached hydrogens (tertiary/aromatic N) is 2. The van der Waals surface area contributed by atoms with Gasteiger partial charge in [0.2, 0.25) is 0 Å². The minimum absolute atomic E-state index is 0.0809. The molecule has 20 heavy (non-hydrogen) atoms. The zero-order valence-corrected chi connectivity index (χ0v) is 12.8. The number of hydrogen-bond acceptors (Lipinski definition) is 5. The summed E-state index contributed by atoms with van der Waals surface area (Å²) < 4.78 is 0.756. The Bertz CT molecular complexity index is 684. The van der Waals surface area contributed by atoms with Crippen LogP contribution in [-0.4, -0.2) is 21.9 Å². The number of hydrogen-bond donors (Lipinski definition) is 3. The fraction of sp³-hybridized carbons (Fsp3) is 0.0833. The number of nitrogens with one attached hydrogen (secondary N) is 1. The molecule has 0 radical (unpaired) electrons. The Hall–Kier alpha value is -1.93. The lowest BCUT2D eigenvalue weighted by atomic mass is 10.1. The van der Waals surface area contributed by atoms with E-state index in [1.165, 1.54) is 11.3 Å². The molecule has 0 unspecified atom stereocenters. The molecule has 0 aliphatic heterocycles. The molecule has 0 aliphatic carbocycles. The zero-order valence-electron chi connectivity index (χ0n) is 10.4. The summed E-state index contributed by atoms with van der Waals surface area (Å²) >= 11 is 4.55. The van der Waals surface area contributed by atoms with Crippen LogP contribution in [0.25, 0.3) is 0 Å². The first kappa shape index (κ1) is 14.5. The van der Waals surface area contributed by atoms with Gasteiger partial charge in [-0.2, -0.15) is 0 Å². The number of aromatic nitrogens is 1. The number of halogens is 1. The maximum Gasteiger partial charge on any atom is 0.267 e. The lowest BCUT2D eigenvalue weighted by molar-refractivity contribution is 0.103. The van der Waals surface area contributed by atoms with Crippen LogP contribution in [0.1, 0.15) is 20.9 Å². The smallest absolute Gasteiger partial charge is 0.267 e. The van der Waals surface area contributed by atoms with Crippen LogP contribution in [0.5, 0.6) is 0 Å². The fourth-order valence-corrected chi connectivity index (χ4v) is 2.65. The number of aryl methyl sites for hydroxylation is 1. The van der Waals surface area contributed by atoms with Gasteiger partial charge < -0.3 is 16.3 Å². The first-order valence-electron chi connectivity index (χ1n) is 5.52. The molecule has 1 heterocycles. The molecule has 1 amide bonds. The first-order valence-corrected chi connectivity index (χ1v) is 7.19. The Balaban J connectivity index is 2.35. The lowest BCUT2D eigenvalue weighted by Crippen LogP contribution is -2.19. The first-order chi connectivity index (χ1) is 9.52. The number of oxime groups is 1. The zero-order chi connectivity index (χ0) is 14.7. The molecule has 0 aliphatic rings. The third-order valence-corrected chi connectivity index (χ3v) is 3.99.